The quantitative estimate of drug-likeness (QED) is 0.862. The van der Waals surface area contributed by atoms with Gasteiger partial charge in [-0.05, 0) is 12.1 Å². The van der Waals surface area contributed by atoms with Gasteiger partial charge in [0, 0.05) is 0 Å². The van der Waals surface area contributed by atoms with E-state index in [0.29, 0.717) is 16.9 Å². The molecule has 0 fully saturated rings. The van der Waals surface area contributed by atoms with Crippen LogP contribution in [0, 0.1) is 0 Å². The Morgan fingerprint density at radius 2 is 2.12 bits per heavy atom. The van der Waals surface area contributed by atoms with Gasteiger partial charge in [-0.1, -0.05) is 35.3 Å². The highest BCUT2D eigenvalue weighted by molar-refractivity contribution is 6.43. The molecule has 0 aliphatic rings. The van der Waals surface area contributed by atoms with Gasteiger partial charge in [-0.2, -0.15) is 0 Å². The molecule has 1 aromatic heterocycles. The van der Waals surface area contributed by atoms with Crippen LogP contribution in [0.4, 0.5) is 0 Å². The van der Waals surface area contributed by atoms with Crippen molar-refractivity contribution in [2.75, 3.05) is 0 Å². The standard InChI is InChI=1S/C10H8Cl2N2O2/c11-9(12)10-13-6-3-1-2-4-7(6)14(10)5-8(15)16/h1-4,9H,5H2,(H,15,16). The summed E-state index contributed by atoms with van der Waals surface area (Å²) in [6.45, 7) is -0.203. The summed E-state index contributed by atoms with van der Waals surface area (Å²) in [7, 11) is 0. The largest absolute Gasteiger partial charge is 0.480 e. The zero-order valence-electron chi connectivity index (χ0n) is 8.10. The third-order valence-corrected chi connectivity index (χ3v) is 2.56. The number of aromatic nitrogens is 2. The van der Waals surface area contributed by atoms with Crippen LogP contribution < -0.4 is 0 Å². The molecular formula is C10H8Cl2N2O2. The summed E-state index contributed by atoms with van der Waals surface area (Å²) in [4.78, 5) is 14.1. The summed E-state index contributed by atoms with van der Waals surface area (Å²) in [6, 6.07) is 7.20. The second-order valence-electron chi connectivity index (χ2n) is 3.24. The van der Waals surface area contributed by atoms with E-state index in [4.69, 9.17) is 28.3 Å². The predicted octanol–water partition coefficient (Wildman–Crippen LogP) is 2.60. The Kier molecular flexibility index (Phi) is 3.03. The Hall–Kier alpha value is -1.26. The molecule has 0 saturated heterocycles. The highest BCUT2D eigenvalue weighted by atomic mass is 35.5. The van der Waals surface area contributed by atoms with Crippen molar-refractivity contribution in [3.05, 3.63) is 30.1 Å². The van der Waals surface area contributed by atoms with Crippen LogP contribution in [0.2, 0.25) is 0 Å². The van der Waals surface area contributed by atoms with Gasteiger partial charge in [-0.3, -0.25) is 4.79 Å². The van der Waals surface area contributed by atoms with Crippen molar-refractivity contribution < 1.29 is 9.90 Å². The first-order valence-corrected chi connectivity index (χ1v) is 5.42. The van der Waals surface area contributed by atoms with E-state index in [2.05, 4.69) is 4.98 Å². The Balaban J connectivity index is 2.64. The van der Waals surface area contributed by atoms with Crippen LogP contribution in [-0.2, 0) is 11.3 Å². The summed E-state index contributed by atoms with van der Waals surface area (Å²) in [5.74, 6) is -0.606. The average Bonchev–Trinajstić information content (AvgIpc) is 2.57. The Labute approximate surface area is 101 Å². The molecule has 84 valence electrons. The molecule has 4 nitrogen and oxygen atoms in total. The fourth-order valence-electron chi connectivity index (χ4n) is 1.56. The van der Waals surface area contributed by atoms with Gasteiger partial charge in [0.25, 0.3) is 0 Å². The van der Waals surface area contributed by atoms with E-state index in [1.807, 2.05) is 12.1 Å². The lowest BCUT2D eigenvalue weighted by molar-refractivity contribution is -0.137. The summed E-state index contributed by atoms with van der Waals surface area (Å²) in [5.41, 5.74) is 1.40. The number of hydrogen-bond donors (Lipinski definition) is 1. The number of hydrogen-bond acceptors (Lipinski definition) is 2. The zero-order valence-corrected chi connectivity index (χ0v) is 9.61. The van der Waals surface area contributed by atoms with Crippen LogP contribution in [0.25, 0.3) is 11.0 Å². The third-order valence-electron chi connectivity index (χ3n) is 2.17. The predicted molar refractivity (Wildman–Crippen MR) is 61.8 cm³/mol. The number of fused-ring (bicyclic) bond motifs is 1. The lowest BCUT2D eigenvalue weighted by Gasteiger charge is -2.05. The highest BCUT2D eigenvalue weighted by Crippen LogP contribution is 2.27. The van der Waals surface area contributed by atoms with Crippen molar-refractivity contribution >= 4 is 40.2 Å². The zero-order chi connectivity index (χ0) is 11.7. The number of alkyl halides is 2. The van der Waals surface area contributed by atoms with Crippen molar-refractivity contribution in [3.63, 3.8) is 0 Å². The van der Waals surface area contributed by atoms with Crippen molar-refractivity contribution in [1.82, 2.24) is 9.55 Å². The minimum Gasteiger partial charge on any atom is -0.480 e. The molecule has 0 saturated carbocycles. The second-order valence-corrected chi connectivity index (χ2v) is 4.34. The molecule has 0 unspecified atom stereocenters. The lowest BCUT2D eigenvalue weighted by atomic mass is 10.3. The molecule has 16 heavy (non-hydrogen) atoms. The first-order valence-electron chi connectivity index (χ1n) is 4.54. The van der Waals surface area contributed by atoms with E-state index in [9.17, 15) is 4.79 Å². The normalized spacial score (nSPS) is 11.2. The van der Waals surface area contributed by atoms with Gasteiger partial charge in [0.2, 0.25) is 0 Å². The summed E-state index contributed by atoms with van der Waals surface area (Å²) in [6.07, 6.45) is 0. The maximum absolute atomic E-state index is 10.8. The van der Waals surface area contributed by atoms with E-state index in [1.54, 1.807) is 12.1 Å². The van der Waals surface area contributed by atoms with Crippen molar-refractivity contribution in [2.24, 2.45) is 0 Å². The van der Waals surface area contributed by atoms with Gasteiger partial charge >= 0.3 is 5.97 Å². The van der Waals surface area contributed by atoms with Crippen LogP contribution in [0.15, 0.2) is 24.3 Å². The van der Waals surface area contributed by atoms with Gasteiger partial charge in [0.05, 0.1) is 11.0 Å². The van der Waals surface area contributed by atoms with Gasteiger partial charge in [-0.15, -0.1) is 0 Å². The molecule has 0 spiro atoms. The summed E-state index contributed by atoms with van der Waals surface area (Å²) >= 11 is 11.5. The van der Waals surface area contributed by atoms with Crippen LogP contribution in [0.5, 0.6) is 0 Å². The minimum absolute atomic E-state index is 0.203. The molecule has 2 rings (SSSR count). The smallest absolute Gasteiger partial charge is 0.323 e. The van der Waals surface area contributed by atoms with E-state index in [-0.39, 0.29) is 6.54 Å². The summed E-state index contributed by atoms with van der Waals surface area (Å²) < 4.78 is 1.50. The maximum atomic E-state index is 10.8. The van der Waals surface area contributed by atoms with Crippen molar-refractivity contribution in [3.8, 4) is 0 Å². The first kappa shape index (κ1) is 11.2. The molecule has 1 aromatic carbocycles. The number of benzene rings is 1. The number of carbonyl (C=O) groups is 1. The number of para-hydroxylation sites is 2. The summed E-state index contributed by atoms with van der Waals surface area (Å²) in [5, 5.41) is 8.82. The number of aliphatic carboxylic acids is 1. The van der Waals surface area contributed by atoms with Crippen LogP contribution in [-0.4, -0.2) is 20.6 Å². The molecule has 0 amide bonds. The van der Waals surface area contributed by atoms with E-state index < -0.39 is 10.8 Å². The fraction of sp³-hybridized carbons (Fsp3) is 0.200. The number of rotatable bonds is 3. The van der Waals surface area contributed by atoms with Crippen LogP contribution >= 0.6 is 23.2 Å². The van der Waals surface area contributed by atoms with E-state index in [1.165, 1.54) is 4.57 Å². The van der Waals surface area contributed by atoms with Crippen molar-refractivity contribution in [1.29, 1.82) is 0 Å². The van der Waals surface area contributed by atoms with Crippen LogP contribution in [0.1, 0.15) is 10.7 Å². The molecule has 0 bridgehead atoms. The molecule has 0 radical (unpaired) electrons. The van der Waals surface area contributed by atoms with Gasteiger partial charge in [0.1, 0.15) is 12.4 Å². The average molecular weight is 259 g/mol. The molecule has 1 N–H and O–H groups in total. The molecule has 0 aliphatic carbocycles. The van der Waals surface area contributed by atoms with Gasteiger partial charge < -0.3 is 9.67 Å². The SMILES string of the molecule is O=C(O)Cn1c(C(Cl)Cl)nc2ccccc21. The number of nitrogens with zero attached hydrogens (tertiary/aromatic N) is 2. The number of halogens is 2. The van der Waals surface area contributed by atoms with Gasteiger partial charge in [0.15, 0.2) is 4.84 Å². The Morgan fingerprint density at radius 3 is 2.75 bits per heavy atom. The molecule has 6 heteroatoms. The second kappa shape index (κ2) is 4.31. The topological polar surface area (TPSA) is 55.1 Å². The van der Waals surface area contributed by atoms with Crippen molar-refractivity contribution in [2.45, 2.75) is 11.4 Å². The molecule has 0 aliphatic heterocycles. The lowest BCUT2D eigenvalue weighted by Crippen LogP contribution is -2.11. The van der Waals surface area contributed by atoms with Crippen LogP contribution in [0.3, 0.4) is 0 Å². The van der Waals surface area contributed by atoms with E-state index >= 15 is 0 Å². The highest BCUT2D eigenvalue weighted by Gasteiger charge is 2.17. The molecular weight excluding hydrogens is 251 g/mol. The third kappa shape index (κ3) is 1.99. The number of carboxylic acids is 1. The molecule has 0 atom stereocenters. The number of imidazole rings is 1. The Bertz CT molecular complexity index is 537. The molecule has 1 heterocycles. The maximum Gasteiger partial charge on any atom is 0.323 e. The monoisotopic (exact) mass is 258 g/mol. The molecule has 2 aromatic rings. The Morgan fingerprint density at radius 1 is 1.44 bits per heavy atom. The first-order chi connectivity index (χ1) is 7.59. The van der Waals surface area contributed by atoms with E-state index in [0.717, 1.165) is 0 Å². The number of carboxylic acid groups (broad SMARTS) is 1. The fourth-order valence-corrected chi connectivity index (χ4v) is 1.90. The van der Waals surface area contributed by atoms with Gasteiger partial charge in [-0.25, -0.2) is 4.98 Å². The minimum atomic E-state index is -0.960.